The monoisotopic (exact) mass is 208 g/mol. The number of nitro groups is 1. The van der Waals surface area contributed by atoms with Crippen LogP contribution in [0.25, 0.3) is 0 Å². The molecule has 1 aromatic carbocycles. The quantitative estimate of drug-likeness (QED) is 0.356. The normalized spacial score (nSPS) is 9.67. The highest BCUT2D eigenvalue weighted by Crippen LogP contribution is 2.18. The Balaban J connectivity index is 2.84. The zero-order chi connectivity index (χ0) is 11.3. The lowest BCUT2D eigenvalue weighted by Gasteiger charge is -2.05. The first-order chi connectivity index (χ1) is 7.15. The number of hydrogen-bond donors (Lipinski definition) is 1. The number of nitrogens with zero attached hydrogens (tertiary/aromatic N) is 1. The van der Waals surface area contributed by atoms with Crippen LogP contribution in [0.1, 0.15) is 12.5 Å². The molecule has 5 heteroatoms. The van der Waals surface area contributed by atoms with Crippen molar-refractivity contribution in [1.29, 1.82) is 5.41 Å². The smallest absolute Gasteiger partial charge is 0.273 e. The van der Waals surface area contributed by atoms with Gasteiger partial charge in [-0.25, -0.2) is 0 Å². The van der Waals surface area contributed by atoms with Crippen molar-refractivity contribution in [2.24, 2.45) is 0 Å². The van der Waals surface area contributed by atoms with Gasteiger partial charge in [0.1, 0.15) is 0 Å². The molecule has 0 fully saturated rings. The molecular weight excluding hydrogens is 196 g/mol. The summed E-state index contributed by atoms with van der Waals surface area (Å²) in [4.78, 5) is 10.2. The van der Waals surface area contributed by atoms with E-state index in [1.807, 2.05) is 0 Å². The van der Waals surface area contributed by atoms with Gasteiger partial charge in [0, 0.05) is 11.6 Å². The largest absolute Gasteiger partial charge is 0.481 e. The second-order valence-corrected chi connectivity index (χ2v) is 2.92. The summed E-state index contributed by atoms with van der Waals surface area (Å²) in [6.07, 6.45) is 0.158. The average Bonchev–Trinajstić information content (AvgIpc) is 2.18. The van der Waals surface area contributed by atoms with Crippen molar-refractivity contribution in [3.63, 3.8) is 0 Å². The topological polar surface area (TPSA) is 76.2 Å². The molecule has 1 aromatic rings. The summed E-state index contributed by atoms with van der Waals surface area (Å²) in [5.74, 6) is 0.0480. The van der Waals surface area contributed by atoms with Gasteiger partial charge >= 0.3 is 0 Å². The summed E-state index contributed by atoms with van der Waals surface area (Å²) >= 11 is 0. The first-order valence-corrected chi connectivity index (χ1v) is 4.57. The number of hydrogen-bond acceptors (Lipinski definition) is 4. The number of para-hydroxylation sites is 1. The fourth-order valence-corrected chi connectivity index (χ4v) is 1.24. The fourth-order valence-electron chi connectivity index (χ4n) is 1.24. The summed E-state index contributed by atoms with van der Waals surface area (Å²) < 4.78 is 4.94. The Morgan fingerprint density at radius 2 is 2.20 bits per heavy atom. The van der Waals surface area contributed by atoms with E-state index in [4.69, 9.17) is 10.1 Å². The van der Waals surface area contributed by atoms with Gasteiger partial charge in [-0.2, -0.15) is 0 Å². The minimum absolute atomic E-state index is 0.0296. The molecule has 1 N–H and O–H groups in total. The van der Waals surface area contributed by atoms with Crippen LogP contribution < -0.4 is 0 Å². The third-order valence-corrected chi connectivity index (χ3v) is 1.86. The Morgan fingerprint density at radius 1 is 1.53 bits per heavy atom. The Kier molecular flexibility index (Phi) is 3.79. The molecule has 0 saturated carbocycles. The number of nitrogens with one attached hydrogen (secondary N) is 1. The Morgan fingerprint density at radius 3 is 2.80 bits per heavy atom. The van der Waals surface area contributed by atoms with E-state index >= 15 is 0 Å². The molecule has 0 heterocycles. The van der Waals surface area contributed by atoms with Crippen molar-refractivity contribution in [1.82, 2.24) is 0 Å². The molecule has 0 aliphatic carbocycles. The van der Waals surface area contributed by atoms with Gasteiger partial charge in [-0.05, 0) is 6.92 Å². The van der Waals surface area contributed by atoms with Gasteiger partial charge < -0.3 is 4.74 Å². The third-order valence-electron chi connectivity index (χ3n) is 1.86. The van der Waals surface area contributed by atoms with E-state index < -0.39 is 4.92 Å². The minimum atomic E-state index is -0.450. The van der Waals surface area contributed by atoms with Gasteiger partial charge in [0.25, 0.3) is 5.69 Å². The SMILES string of the molecule is CCOC(=N)Cc1ccccc1[N+](=O)[O-]. The molecule has 0 radical (unpaired) electrons. The summed E-state index contributed by atoms with van der Waals surface area (Å²) in [7, 11) is 0. The lowest BCUT2D eigenvalue weighted by molar-refractivity contribution is -0.385. The second-order valence-electron chi connectivity index (χ2n) is 2.92. The molecule has 0 spiro atoms. The molecule has 0 aliphatic rings. The lowest BCUT2D eigenvalue weighted by atomic mass is 10.1. The van der Waals surface area contributed by atoms with E-state index in [1.54, 1.807) is 25.1 Å². The molecule has 5 nitrogen and oxygen atoms in total. The van der Waals surface area contributed by atoms with Crippen molar-refractivity contribution in [2.45, 2.75) is 13.3 Å². The summed E-state index contributed by atoms with van der Waals surface area (Å²) in [6, 6.07) is 6.37. The highest BCUT2D eigenvalue weighted by atomic mass is 16.6. The molecular formula is C10H12N2O3. The van der Waals surface area contributed by atoms with Gasteiger partial charge in [-0.15, -0.1) is 0 Å². The first kappa shape index (κ1) is 11.2. The molecule has 0 amide bonds. The van der Waals surface area contributed by atoms with Crippen molar-refractivity contribution in [3.05, 3.63) is 39.9 Å². The standard InChI is InChI=1S/C10H12N2O3/c1-2-15-10(11)7-8-5-3-4-6-9(8)12(13)14/h3-6,11H,2,7H2,1H3. The zero-order valence-corrected chi connectivity index (χ0v) is 8.40. The minimum Gasteiger partial charge on any atom is -0.481 e. The lowest BCUT2D eigenvalue weighted by Crippen LogP contribution is -2.08. The summed E-state index contributed by atoms with van der Waals surface area (Å²) in [6.45, 7) is 2.17. The molecule has 0 atom stereocenters. The van der Waals surface area contributed by atoms with Crippen molar-refractivity contribution < 1.29 is 9.66 Å². The van der Waals surface area contributed by atoms with E-state index in [2.05, 4.69) is 0 Å². The number of ether oxygens (including phenoxy) is 1. The molecule has 0 bridgehead atoms. The van der Waals surface area contributed by atoms with Crippen LogP contribution in [0.4, 0.5) is 5.69 Å². The maximum absolute atomic E-state index is 10.7. The van der Waals surface area contributed by atoms with Crippen molar-refractivity contribution >= 4 is 11.6 Å². The molecule has 0 aromatic heterocycles. The Bertz CT molecular complexity index is 377. The van der Waals surface area contributed by atoms with Gasteiger partial charge in [-0.1, -0.05) is 18.2 Å². The first-order valence-electron chi connectivity index (χ1n) is 4.57. The fraction of sp³-hybridized carbons (Fsp3) is 0.300. The Labute approximate surface area is 87.3 Å². The van der Waals surface area contributed by atoms with Crippen LogP contribution in [0.2, 0.25) is 0 Å². The number of nitro benzene ring substituents is 1. The van der Waals surface area contributed by atoms with Gasteiger partial charge in [-0.3, -0.25) is 15.5 Å². The number of rotatable bonds is 4. The van der Waals surface area contributed by atoms with E-state index in [1.165, 1.54) is 6.07 Å². The molecule has 15 heavy (non-hydrogen) atoms. The highest BCUT2D eigenvalue weighted by molar-refractivity contribution is 5.76. The van der Waals surface area contributed by atoms with Crippen molar-refractivity contribution in [3.8, 4) is 0 Å². The van der Waals surface area contributed by atoms with Crippen LogP contribution in [0.5, 0.6) is 0 Å². The second kappa shape index (κ2) is 5.09. The van der Waals surface area contributed by atoms with Gasteiger partial charge in [0.2, 0.25) is 0 Å². The van der Waals surface area contributed by atoms with E-state index in [-0.39, 0.29) is 18.0 Å². The average molecular weight is 208 g/mol. The van der Waals surface area contributed by atoms with Crippen LogP contribution >= 0.6 is 0 Å². The van der Waals surface area contributed by atoms with Crippen LogP contribution in [-0.4, -0.2) is 17.4 Å². The molecule has 80 valence electrons. The van der Waals surface area contributed by atoms with Crippen molar-refractivity contribution in [2.75, 3.05) is 6.61 Å². The molecule has 0 saturated heterocycles. The van der Waals surface area contributed by atoms with E-state index in [0.29, 0.717) is 12.2 Å². The van der Waals surface area contributed by atoms with Gasteiger partial charge in [0.05, 0.1) is 18.0 Å². The summed E-state index contributed by atoms with van der Waals surface area (Å²) in [5.41, 5.74) is 0.530. The zero-order valence-electron chi connectivity index (χ0n) is 8.40. The molecule has 0 aliphatic heterocycles. The predicted octanol–water partition coefficient (Wildman–Crippen LogP) is 2.15. The molecule has 0 unspecified atom stereocenters. The maximum atomic E-state index is 10.7. The molecule has 1 rings (SSSR count). The Hall–Kier alpha value is -1.91. The van der Waals surface area contributed by atoms with Crippen LogP contribution in [0.15, 0.2) is 24.3 Å². The van der Waals surface area contributed by atoms with E-state index in [0.717, 1.165) is 0 Å². The van der Waals surface area contributed by atoms with Crippen LogP contribution in [-0.2, 0) is 11.2 Å². The number of benzene rings is 1. The van der Waals surface area contributed by atoms with Gasteiger partial charge in [0.15, 0.2) is 5.90 Å². The maximum Gasteiger partial charge on any atom is 0.273 e. The summed E-state index contributed by atoms with van der Waals surface area (Å²) in [5, 5.41) is 18.1. The third kappa shape index (κ3) is 3.05. The predicted molar refractivity (Wildman–Crippen MR) is 56.2 cm³/mol. The van der Waals surface area contributed by atoms with E-state index in [9.17, 15) is 10.1 Å². The van der Waals surface area contributed by atoms with Crippen LogP contribution in [0.3, 0.4) is 0 Å². The van der Waals surface area contributed by atoms with Crippen LogP contribution in [0, 0.1) is 15.5 Å². The highest BCUT2D eigenvalue weighted by Gasteiger charge is 2.13.